The van der Waals surface area contributed by atoms with E-state index in [1.54, 1.807) is 102 Å². The highest BCUT2D eigenvalue weighted by atomic mass is 32.2. The molecule has 0 spiro atoms. The summed E-state index contributed by atoms with van der Waals surface area (Å²) >= 11 is 3.18. The molecule has 0 aliphatic carbocycles. The first-order chi connectivity index (χ1) is 48.8. The van der Waals surface area contributed by atoms with Crippen molar-refractivity contribution in [2.75, 3.05) is 49.8 Å². The van der Waals surface area contributed by atoms with Crippen molar-refractivity contribution in [1.29, 1.82) is 0 Å². The predicted molar refractivity (Wildman–Crippen MR) is 389 cm³/mol. The van der Waals surface area contributed by atoms with Crippen molar-refractivity contribution >= 4 is 63.2 Å². The lowest BCUT2D eigenvalue weighted by molar-refractivity contribution is -0.132. The van der Waals surface area contributed by atoms with Crippen LogP contribution in [0.5, 0.6) is 80.5 Å². The smallest absolute Gasteiger partial charge is 0.308 e. The van der Waals surface area contributed by atoms with Crippen LogP contribution in [-0.4, -0.2) is 88.0 Å². The maximum Gasteiger partial charge on any atom is 0.308 e. The number of rotatable bonds is 21. The summed E-state index contributed by atoms with van der Waals surface area (Å²) < 4.78 is 91.9. The molecular weight excluding hydrogens is 1370 g/mol. The van der Waals surface area contributed by atoms with E-state index in [-0.39, 0.29) is 33.7 Å². The van der Waals surface area contributed by atoms with Crippen LogP contribution in [-0.2, 0) is 33.8 Å². The molecule has 23 heteroatoms. The first-order valence-corrected chi connectivity index (χ1v) is 34.1. The van der Waals surface area contributed by atoms with Crippen LogP contribution in [0.1, 0.15) is 45.7 Å². The Morgan fingerprint density at radius 2 is 0.539 bits per heavy atom. The van der Waals surface area contributed by atoms with Crippen molar-refractivity contribution in [1.82, 2.24) is 0 Å². The van der Waals surface area contributed by atoms with Gasteiger partial charge in [-0.25, -0.2) is 8.42 Å². The molecule has 10 aromatic carbocycles. The number of esters is 5. The molecule has 102 heavy (non-hydrogen) atoms. The summed E-state index contributed by atoms with van der Waals surface area (Å²) in [7, 11) is 7.57. The molecule has 0 bridgehead atoms. The van der Waals surface area contributed by atoms with Gasteiger partial charge in [-0.3, -0.25) is 24.0 Å². The Morgan fingerprint density at radius 3 is 0.902 bits per heavy atom. The third-order valence-electron chi connectivity index (χ3n) is 13.7. The van der Waals surface area contributed by atoms with Crippen LogP contribution < -0.4 is 61.6 Å². The van der Waals surface area contributed by atoms with Crippen LogP contribution in [0.4, 0.5) is 0 Å². The summed E-state index contributed by atoms with van der Waals surface area (Å²) in [5.41, 5.74) is 4.00. The van der Waals surface area contributed by atoms with Crippen molar-refractivity contribution in [3.63, 3.8) is 0 Å². The minimum absolute atomic E-state index is 0.128. The predicted octanol–water partition coefficient (Wildman–Crippen LogP) is 17.3. The lowest BCUT2D eigenvalue weighted by Crippen LogP contribution is -2.04. The zero-order valence-corrected chi connectivity index (χ0v) is 61.1. The van der Waals surface area contributed by atoms with E-state index in [0.29, 0.717) is 57.5 Å². The Labute approximate surface area is 602 Å². The number of methoxy groups -OCH3 is 7. The van der Waals surface area contributed by atoms with Crippen molar-refractivity contribution < 1.29 is 94.0 Å². The minimum atomic E-state index is -3.61. The zero-order valence-electron chi connectivity index (χ0n) is 58.7. The second-order valence-corrected chi connectivity index (χ2v) is 25.5. The number of benzene rings is 10. The Kier molecular flexibility index (Phi) is 31.2. The van der Waals surface area contributed by atoms with Crippen LogP contribution in [0, 0.1) is 13.8 Å². The van der Waals surface area contributed by atoms with Gasteiger partial charge in [0.15, 0.2) is 23.0 Å². The molecule has 20 nitrogen and oxygen atoms in total. The Bertz CT molecular complexity index is 4510. The van der Waals surface area contributed by atoms with Gasteiger partial charge >= 0.3 is 29.8 Å². The van der Waals surface area contributed by atoms with E-state index in [9.17, 15) is 32.4 Å². The lowest BCUT2D eigenvalue weighted by Gasteiger charge is -2.11. The van der Waals surface area contributed by atoms with E-state index in [0.717, 1.165) is 64.8 Å². The molecule has 0 heterocycles. The fourth-order valence-electron chi connectivity index (χ4n) is 8.90. The molecule has 10 aromatic rings. The highest BCUT2D eigenvalue weighted by Crippen LogP contribution is 2.39. The summed E-state index contributed by atoms with van der Waals surface area (Å²) in [5, 5.41) is 0. The number of carbonyl (C=O) groups excluding carboxylic acids is 5. The van der Waals surface area contributed by atoms with Gasteiger partial charge < -0.3 is 61.6 Å². The molecule has 0 saturated heterocycles. The number of sulfone groups is 1. The normalized spacial score (nSPS) is 10.2. The second-order valence-electron chi connectivity index (χ2n) is 21.2. The second kappa shape index (κ2) is 40.0. The van der Waals surface area contributed by atoms with Crippen LogP contribution in [0.25, 0.3) is 11.1 Å². The highest BCUT2D eigenvalue weighted by molar-refractivity contribution is 7.99. The molecule has 10 rings (SSSR count). The third kappa shape index (κ3) is 25.7. The summed E-state index contributed by atoms with van der Waals surface area (Å²) in [6, 6.07) is 64.3. The number of ether oxygens (including phenoxy) is 13. The van der Waals surface area contributed by atoms with Crippen molar-refractivity contribution in [3.8, 4) is 91.6 Å². The fraction of sp³-hybridized carbons (Fsp3) is 0.177. The fourth-order valence-corrected chi connectivity index (χ4v) is 11.9. The van der Waals surface area contributed by atoms with Gasteiger partial charge in [0.2, 0.25) is 9.84 Å². The summed E-state index contributed by atoms with van der Waals surface area (Å²) in [4.78, 5) is 58.9. The molecule has 0 aliphatic heterocycles. The Balaban J connectivity index is 0.000000201. The first-order valence-electron chi connectivity index (χ1n) is 30.9. The minimum Gasteiger partial charge on any atom is -0.497 e. The summed E-state index contributed by atoms with van der Waals surface area (Å²) in [5.74, 6) is 6.91. The number of hydrogen-bond acceptors (Lipinski definition) is 22. The highest BCUT2D eigenvalue weighted by Gasteiger charge is 2.19. The molecule has 0 amide bonds. The number of aryl methyl sites for hydroxylation is 2. The first kappa shape index (κ1) is 79.6. The SMILES string of the molecule is COc1ccc(-c2ccc(OC(C)=O)cc2)cc1.COc1ccc(Oc2ccc(OC(C)=O)c(C)c2)cc1C.COc1ccc(S(=O)(=O)c2ccc(OC(C)=O)cc2)cc1.COc1ccc(Sc2ccc(OC(C)=O)c(OC)c2)cc1OC.COc1ccc(Sc2ccc(OC(C)=O)cc2)cc1. The molecule has 532 valence electrons. The Morgan fingerprint density at radius 1 is 0.265 bits per heavy atom. The molecular formula is C79H78O20S3. The lowest BCUT2D eigenvalue weighted by atomic mass is 10.1. The van der Waals surface area contributed by atoms with E-state index in [4.69, 9.17) is 61.6 Å². The molecule has 0 unspecified atom stereocenters. The average Bonchev–Trinajstić information content (AvgIpc) is 0.796. The maximum atomic E-state index is 12.4. The maximum absolute atomic E-state index is 12.4. The topological polar surface area (TPSA) is 239 Å². The molecule has 0 aromatic heterocycles. The van der Waals surface area contributed by atoms with Crippen LogP contribution in [0.15, 0.2) is 248 Å². The van der Waals surface area contributed by atoms with Gasteiger partial charge in [-0.05, 0) is 230 Å². The molecule has 0 fully saturated rings. The van der Waals surface area contributed by atoms with Crippen molar-refractivity contribution in [2.45, 2.75) is 77.8 Å². The summed E-state index contributed by atoms with van der Waals surface area (Å²) in [6.07, 6.45) is 0. The van der Waals surface area contributed by atoms with Gasteiger partial charge in [0.1, 0.15) is 57.5 Å². The van der Waals surface area contributed by atoms with Gasteiger partial charge in [-0.1, -0.05) is 47.8 Å². The van der Waals surface area contributed by atoms with Crippen LogP contribution >= 0.6 is 23.5 Å². The number of hydrogen-bond donors (Lipinski definition) is 0. The van der Waals surface area contributed by atoms with E-state index in [1.807, 2.05) is 141 Å². The van der Waals surface area contributed by atoms with Gasteiger partial charge in [0.25, 0.3) is 0 Å². The molecule has 0 aliphatic rings. The largest absolute Gasteiger partial charge is 0.497 e. The van der Waals surface area contributed by atoms with Gasteiger partial charge in [-0.15, -0.1) is 0 Å². The molecule has 0 radical (unpaired) electrons. The van der Waals surface area contributed by atoms with Crippen molar-refractivity contribution in [2.24, 2.45) is 0 Å². The van der Waals surface area contributed by atoms with Gasteiger partial charge in [0, 0.05) is 54.2 Å². The van der Waals surface area contributed by atoms with Crippen molar-refractivity contribution in [3.05, 3.63) is 230 Å². The third-order valence-corrected chi connectivity index (χ3v) is 17.4. The standard InChI is InChI=1S/C17H18O5S.C17H18O4.C15H14O5S.C15H14O3S.C15H14O3/c1-11(18)22-15-8-6-13(10-17(15)21-4)23-12-5-7-14(19-2)16(9-12)20-3;1-11-9-14(5-7-16(11)19-4)21-15-6-8-17(12(2)10-15)20-13(3)18;1-11(16)20-13-5-9-15(10-6-13)21(17,18)14-7-3-12(19-2)4-8-14;1-11(16)18-13-5-9-15(10-6-13)19-14-7-3-12(17-2)4-8-14;1-11(16)18-15-9-5-13(6-10-15)12-3-7-14(17-2)8-4-12/h5-10H,1-4H3;5-10H,1-4H3;3-10H,1-2H3;3-10H,1-2H3;3-10H,1-2H3. The van der Waals surface area contributed by atoms with Gasteiger partial charge in [0.05, 0.1) is 59.6 Å². The Hall–Kier alpha value is -11.4. The zero-order chi connectivity index (χ0) is 74.3. The quantitative estimate of drug-likeness (QED) is 0.0480. The van der Waals surface area contributed by atoms with E-state index < -0.39 is 15.8 Å². The van der Waals surface area contributed by atoms with Crippen LogP contribution in [0.3, 0.4) is 0 Å². The molecule has 0 atom stereocenters. The van der Waals surface area contributed by atoms with Gasteiger partial charge in [-0.2, -0.15) is 0 Å². The number of carbonyl (C=O) groups is 5. The monoisotopic (exact) mass is 1440 g/mol. The average molecular weight is 1440 g/mol. The van der Waals surface area contributed by atoms with E-state index in [1.165, 1.54) is 97.0 Å². The molecule has 0 N–H and O–H groups in total. The molecule has 0 saturated carbocycles. The summed E-state index contributed by atoms with van der Waals surface area (Å²) in [6.45, 7) is 10.6. The van der Waals surface area contributed by atoms with E-state index >= 15 is 0 Å². The van der Waals surface area contributed by atoms with Crippen LogP contribution in [0.2, 0.25) is 0 Å². The van der Waals surface area contributed by atoms with E-state index in [2.05, 4.69) is 0 Å².